The normalized spacial score (nSPS) is 11.2. The van der Waals surface area contributed by atoms with Gasteiger partial charge in [0.15, 0.2) is 11.5 Å². The summed E-state index contributed by atoms with van der Waals surface area (Å²) in [4.78, 5) is 11.3. The van der Waals surface area contributed by atoms with Gasteiger partial charge >= 0.3 is 6.18 Å². The highest BCUT2D eigenvalue weighted by atomic mass is 32.2. The molecule has 1 heterocycles. The molecule has 1 aromatic heterocycles. The van der Waals surface area contributed by atoms with Crippen LogP contribution in [0.15, 0.2) is 27.8 Å². The molecule has 1 aromatic carbocycles. The van der Waals surface area contributed by atoms with Crippen molar-refractivity contribution in [3.05, 3.63) is 18.2 Å². The van der Waals surface area contributed by atoms with E-state index >= 15 is 0 Å². The Hall–Kier alpha value is -2.43. The number of hydrogen-bond acceptors (Lipinski definition) is 7. The number of carbonyl (C=O) groups excluding carboxylic acids is 1. The van der Waals surface area contributed by atoms with E-state index in [1.807, 2.05) is 0 Å². The summed E-state index contributed by atoms with van der Waals surface area (Å²) in [6, 6.07) is 4.98. The number of halogens is 3. The van der Waals surface area contributed by atoms with E-state index in [-0.39, 0.29) is 16.9 Å². The first-order chi connectivity index (χ1) is 11.8. The van der Waals surface area contributed by atoms with Gasteiger partial charge in [-0.1, -0.05) is 11.8 Å². The molecule has 0 radical (unpaired) electrons. The number of aromatic nitrogens is 2. The number of hydrogen-bond donors (Lipinski definition) is 1. The Kier molecular flexibility index (Phi) is 6.12. The van der Waals surface area contributed by atoms with Crippen LogP contribution in [-0.2, 0) is 4.79 Å². The minimum Gasteiger partial charge on any atom is -0.493 e. The van der Waals surface area contributed by atoms with Crippen LogP contribution < -0.4 is 14.8 Å². The third-order valence-corrected chi connectivity index (χ3v) is 3.67. The number of methoxy groups -OCH3 is 2. The topological polar surface area (TPSA) is 86.5 Å². The van der Waals surface area contributed by atoms with Crippen molar-refractivity contribution in [2.75, 3.05) is 26.5 Å². The molecule has 1 amide bonds. The molecule has 2 aromatic rings. The van der Waals surface area contributed by atoms with E-state index < -0.39 is 18.6 Å². The van der Waals surface area contributed by atoms with E-state index in [0.717, 1.165) is 11.8 Å². The molecule has 136 valence electrons. The molecule has 0 aliphatic rings. The van der Waals surface area contributed by atoms with Gasteiger partial charge in [0.25, 0.3) is 5.22 Å². The Bertz CT molecular complexity index is 736. The first-order valence-electron chi connectivity index (χ1n) is 6.84. The Morgan fingerprint density at radius 3 is 2.60 bits per heavy atom. The maximum absolute atomic E-state index is 12.0. The summed E-state index contributed by atoms with van der Waals surface area (Å²) < 4.78 is 51.7. The SMILES string of the molecule is COc1ccc(-c2nnc(SCC(=O)NCC(F)(F)F)o2)cc1OC. The monoisotopic (exact) mass is 377 g/mol. The molecule has 2 rings (SSSR count). The second-order valence-electron chi connectivity index (χ2n) is 4.62. The van der Waals surface area contributed by atoms with Gasteiger partial charge in [-0.3, -0.25) is 4.79 Å². The molecule has 0 aliphatic carbocycles. The number of nitrogens with zero attached hydrogens (tertiary/aromatic N) is 2. The van der Waals surface area contributed by atoms with Crippen LogP contribution in [0, 0.1) is 0 Å². The smallest absolute Gasteiger partial charge is 0.405 e. The molecule has 25 heavy (non-hydrogen) atoms. The van der Waals surface area contributed by atoms with Crippen LogP contribution in [0.4, 0.5) is 13.2 Å². The van der Waals surface area contributed by atoms with E-state index in [1.165, 1.54) is 14.2 Å². The molecule has 0 saturated heterocycles. The van der Waals surface area contributed by atoms with Gasteiger partial charge in [-0.25, -0.2) is 0 Å². The molecule has 0 aliphatic heterocycles. The standard InChI is InChI=1S/C14H14F3N3O4S/c1-22-9-4-3-8(5-10(9)23-2)12-19-20-13(24-12)25-6-11(21)18-7-14(15,16)17/h3-5H,6-7H2,1-2H3,(H,18,21). The first-order valence-corrected chi connectivity index (χ1v) is 7.83. The molecule has 1 N–H and O–H groups in total. The summed E-state index contributed by atoms with van der Waals surface area (Å²) in [6.07, 6.45) is -4.45. The fourth-order valence-electron chi connectivity index (χ4n) is 1.73. The van der Waals surface area contributed by atoms with Crippen LogP contribution in [0.2, 0.25) is 0 Å². The molecule has 0 spiro atoms. The zero-order valence-corrected chi connectivity index (χ0v) is 14.0. The van der Waals surface area contributed by atoms with E-state index in [4.69, 9.17) is 13.9 Å². The van der Waals surface area contributed by atoms with Crippen LogP contribution in [0.5, 0.6) is 11.5 Å². The van der Waals surface area contributed by atoms with E-state index in [1.54, 1.807) is 23.5 Å². The number of carbonyl (C=O) groups is 1. The maximum Gasteiger partial charge on any atom is 0.405 e. The molecular weight excluding hydrogens is 363 g/mol. The van der Waals surface area contributed by atoms with Gasteiger partial charge in [-0.2, -0.15) is 13.2 Å². The fraction of sp³-hybridized carbons (Fsp3) is 0.357. The molecular formula is C14H14F3N3O4S. The number of nitrogens with one attached hydrogen (secondary N) is 1. The summed E-state index contributed by atoms with van der Waals surface area (Å²) in [5, 5.41) is 9.39. The highest BCUT2D eigenvalue weighted by Gasteiger charge is 2.27. The number of thioether (sulfide) groups is 1. The molecule has 0 saturated carbocycles. The maximum atomic E-state index is 12.0. The van der Waals surface area contributed by atoms with Crippen molar-refractivity contribution in [1.82, 2.24) is 15.5 Å². The van der Waals surface area contributed by atoms with Crippen LogP contribution in [0.3, 0.4) is 0 Å². The molecule has 0 bridgehead atoms. The Morgan fingerprint density at radius 2 is 1.96 bits per heavy atom. The molecule has 0 unspecified atom stereocenters. The Labute approximate surface area is 144 Å². The Balaban J connectivity index is 1.97. The zero-order valence-electron chi connectivity index (χ0n) is 13.2. The van der Waals surface area contributed by atoms with Gasteiger partial charge in [0.05, 0.1) is 20.0 Å². The minimum absolute atomic E-state index is 0.0620. The van der Waals surface area contributed by atoms with Crippen molar-refractivity contribution >= 4 is 17.7 Å². The average Bonchev–Trinajstić information content (AvgIpc) is 3.05. The summed E-state index contributed by atoms with van der Waals surface area (Å²) in [5.74, 6) is 0.122. The van der Waals surface area contributed by atoms with Gasteiger partial charge in [-0.15, -0.1) is 10.2 Å². The summed E-state index contributed by atoms with van der Waals surface area (Å²) in [7, 11) is 2.99. The van der Waals surface area contributed by atoms with Crippen molar-refractivity contribution in [2.24, 2.45) is 0 Å². The van der Waals surface area contributed by atoms with Gasteiger partial charge in [0, 0.05) is 5.56 Å². The fourth-order valence-corrected chi connectivity index (χ4v) is 2.32. The van der Waals surface area contributed by atoms with Crippen LogP contribution in [0.1, 0.15) is 0 Å². The number of benzene rings is 1. The number of alkyl halides is 3. The quantitative estimate of drug-likeness (QED) is 0.742. The lowest BCUT2D eigenvalue weighted by atomic mass is 10.2. The lowest BCUT2D eigenvalue weighted by molar-refractivity contribution is -0.136. The minimum atomic E-state index is -4.45. The third kappa shape index (κ3) is 5.55. The van der Waals surface area contributed by atoms with Crippen molar-refractivity contribution in [1.29, 1.82) is 0 Å². The van der Waals surface area contributed by atoms with Crippen LogP contribution in [-0.4, -0.2) is 48.8 Å². The van der Waals surface area contributed by atoms with E-state index in [2.05, 4.69) is 10.2 Å². The summed E-state index contributed by atoms with van der Waals surface area (Å²) in [6.45, 7) is -1.38. The van der Waals surface area contributed by atoms with Crippen molar-refractivity contribution in [3.63, 3.8) is 0 Å². The number of ether oxygens (including phenoxy) is 2. The van der Waals surface area contributed by atoms with E-state index in [0.29, 0.717) is 17.1 Å². The summed E-state index contributed by atoms with van der Waals surface area (Å²) >= 11 is 0.837. The molecule has 0 fully saturated rings. The van der Waals surface area contributed by atoms with E-state index in [9.17, 15) is 18.0 Å². The van der Waals surface area contributed by atoms with Crippen molar-refractivity contribution in [3.8, 4) is 23.0 Å². The highest BCUT2D eigenvalue weighted by Crippen LogP contribution is 2.32. The molecule has 7 nitrogen and oxygen atoms in total. The molecule has 11 heteroatoms. The lowest BCUT2D eigenvalue weighted by Crippen LogP contribution is -2.34. The number of amides is 1. The predicted octanol–water partition coefficient (Wildman–Crippen LogP) is 2.52. The first kappa shape index (κ1) is 18.9. The van der Waals surface area contributed by atoms with Gasteiger partial charge in [0.2, 0.25) is 11.8 Å². The third-order valence-electron chi connectivity index (χ3n) is 2.85. The number of rotatable bonds is 7. The lowest BCUT2D eigenvalue weighted by Gasteiger charge is -2.07. The zero-order chi connectivity index (χ0) is 18.4. The second-order valence-corrected chi connectivity index (χ2v) is 5.55. The van der Waals surface area contributed by atoms with Crippen LogP contribution in [0.25, 0.3) is 11.5 Å². The van der Waals surface area contributed by atoms with Gasteiger partial charge in [0.1, 0.15) is 6.54 Å². The largest absolute Gasteiger partial charge is 0.493 e. The van der Waals surface area contributed by atoms with Gasteiger partial charge < -0.3 is 19.2 Å². The highest BCUT2D eigenvalue weighted by molar-refractivity contribution is 7.99. The van der Waals surface area contributed by atoms with Crippen LogP contribution >= 0.6 is 11.8 Å². The van der Waals surface area contributed by atoms with Crippen molar-refractivity contribution < 1.29 is 31.9 Å². The molecule has 0 atom stereocenters. The predicted molar refractivity (Wildman–Crippen MR) is 82.6 cm³/mol. The van der Waals surface area contributed by atoms with Gasteiger partial charge in [-0.05, 0) is 18.2 Å². The summed E-state index contributed by atoms with van der Waals surface area (Å²) in [5.41, 5.74) is 0.568. The second kappa shape index (κ2) is 8.10. The average molecular weight is 377 g/mol. The Morgan fingerprint density at radius 1 is 1.24 bits per heavy atom. The van der Waals surface area contributed by atoms with Crippen molar-refractivity contribution in [2.45, 2.75) is 11.4 Å².